The van der Waals surface area contributed by atoms with E-state index in [0.29, 0.717) is 34.8 Å². The van der Waals surface area contributed by atoms with Crippen molar-refractivity contribution in [2.75, 3.05) is 26.9 Å². The second-order valence-electron chi connectivity index (χ2n) is 9.07. The van der Waals surface area contributed by atoms with Gasteiger partial charge in [0.15, 0.2) is 23.3 Å². The van der Waals surface area contributed by atoms with Crippen molar-refractivity contribution in [1.29, 1.82) is 0 Å². The fraction of sp³-hybridized carbons (Fsp3) is 0.259. The predicted octanol–water partition coefficient (Wildman–Crippen LogP) is 5.28. The number of pyridine rings is 1. The van der Waals surface area contributed by atoms with Crippen LogP contribution in [0.5, 0.6) is 17.2 Å². The van der Waals surface area contributed by atoms with Crippen LogP contribution in [0.1, 0.15) is 12.5 Å². The van der Waals surface area contributed by atoms with Crippen LogP contribution < -0.4 is 9.47 Å². The summed E-state index contributed by atoms with van der Waals surface area (Å²) >= 11 is 0. The molecule has 0 radical (unpaired) electrons. The summed E-state index contributed by atoms with van der Waals surface area (Å²) in [6, 6.07) is 11.4. The van der Waals surface area contributed by atoms with Gasteiger partial charge in [0.25, 0.3) is 0 Å². The van der Waals surface area contributed by atoms with Crippen LogP contribution in [0.2, 0.25) is 0 Å². The normalized spacial score (nSPS) is 17.5. The second kappa shape index (κ2) is 9.58. The van der Waals surface area contributed by atoms with E-state index in [1.54, 1.807) is 19.4 Å². The van der Waals surface area contributed by atoms with Crippen LogP contribution in [-0.4, -0.2) is 47.8 Å². The van der Waals surface area contributed by atoms with Crippen LogP contribution >= 0.6 is 0 Å². The number of aromatic amines is 1. The molecule has 0 spiro atoms. The zero-order valence-electron chi connectivity index (χ0n) is 19.8. The Morgan fingerprint density at radius 2 is 1.89 bits per heavy atom. The van der Waals surface area contributed by atoms with Crippen molar-refractivity contribution in [2.24, 2.45) is 10.4 Å². The molecule has 3 heterocycles. The van der Waals surface area contributed by atoms with E-state index in [9.17, 15) is 5.11 Å². The number of nitrogens with zero attached hydrogens (tertiary/aromatic N) is 2. The SMILES string of the molecule is COc1ccccc1-c1c[nH]c2nccc(Oc3c(F)cc(CC4=NCC(C)(CO)CO4)cc3F)c12. The Kier molecular flexibility index (Phi) is 6.32. The van der Waals surface area contributed by atoms with E-state index in [4.69, 9.17) is 14.2 Å². The van der Waals surface area contributed by atoms with Gasteiger partial charge in [0, 0.05) is 35.4 Å². The largest absolute Gasteiger partial charge is 0.496 e. The van der Waals surface area contributed by atoms with Gasteiger partial charge in [-0.15, -0.1) is 0 Å². The van der Waals surface area contributed by atoms with Crippen LogP contribution in [-0.2, 0) is 11.2 Å². The highest BCUT2D eigenvalue weighted by atomic mass is 19.1. The maximum atomic E-state index is 15.1. The molecular formula is C27H25F2N3O4. The number of H-pyrrole nitrogens is 1. The third-order valence-corrected chi connectivity index (χ3v) is 6.16. The Morgan fingerprint density at radius 1 is 1.11 bits per heavy atom. The number of rotatable bonds is 7. The lowest BCUT2D eigenvalue weighted by molar-refractivity contribution is 0.0691. The van der Waals surface area contributed by atoms with Crippen molar-refractivity contribution < 1.29 is 28.1 Å². The van der Waals surface area contributed by atoms with Gasteiger partial charge in [0.05, 0.1) is 32.3 Å². The highest BCUT2D eigenvalue weighted by molar-refractivity contribution is 5.99. The van der Waals surface area contributed by atoms with Gasteiger partial charge in [0.1, 0.15) is 17.1 Å². The summed E-state index contributed by atoms with van der Waals surface area (Å²) in [6.07, 6.45) is 3.39. The highest BCUT2D eigenvalue weighted by Gasteiger charge is 2.29. The van der Waals surface area contributed by atoms with Gasteiger partial charge in [-0.25, -0.2) is 13.8 Å². The van der Waals surface area contributed by atoms with E-state index in [2.05, 4.69) is 15.0 Å². The molecule has 9 heteroatoms. The Hall–Kier alpha value is -3.98. The monoisotopic (exact) mass is 493 g/mol. The van der Waals surface area contributed by atoms with E-state index >= 15 is 8.78 Å². The molecule has 5 rings (SSSR count). The maximum absolute atomic E-state index is 15.1. The predicted molar refractivity (Wildman–Crippen MR) is 132 cm³/mol. The standard InChI is InChI=1S/C27H25F2N3O4/c1-27(14-33)13-32-23(35-15-27)11-16-9-19(28)25(20(29)10-16)36-22-7-8-30-26-24(22)18(12-31-26)17-5-3-4-6-21(17)34-2/h3-10,12,33H,11,13-15H2,1-2H3,(H,30,31). The zero-order valence-corrected chi connectivity index (χ0v) is 19.8. The molecule has 36 heavy (non-hydrogen) atoms. The van der Waals surface area contributed by atoms with E-state index in [0.717, 1.165) is 11.1 Å². The first-order valence-electron chi connectivity index (χ1n) is 11.4. The molecule has 1 atom stereocenters. The molecule has 1 unspecified atom stereocenters. The number of benzene rings is 2. The fourth-order valence-electron chi connectivity index (χ4n) is 4.12. The van der Waals surface area contributed by atoms with Crippen molar-refractivity contribution in [3.63, 3.8) is 0 Å². The quantitative estimate of drug-likeness (QED) is 0.366. The third kappa shape index (κ3) is 4.49. The van der Waals surface area contributed by atoms with Gasteiger partial charge in [-0.3, -0.25) is 4.99 Å². The molecule has 2 aromatic carbocycles. The van der Waals surface area contributed by atoms with Crippen LogP contribution in [0, 0.1) is 17.0 Å². The topological polar surface area (TPSA) is 89.0 Å². The second-order valence-corrected chi connectivity index (χ2v) is 9.07. The number of hydrogen-bond donors (Lipinski definition) is 2. The van der Waals surface area contributed by atoms with Crippen LogP contribution in [0.3, 0.4) is 0 Å². The van der Waals surface area contributed by atoms with Gasteiger partial charge in [-0.1, -0.05) is 25.1 Å². The molecule has 1 aliphatic heterocycles. The van der Waals surface area contributed by atoms with Crippen molar-refractivity contribution in [1.82, 2.24) is 9.97 Å². The van der Waals surface area contributed by atoms with Crippen LogP contribution in [0.25, 0.3) is 22.2 Å². The lowest BCUT2D eigenvalue weighted by Crippen LogP contribution is -2.36. The summed E-state index contributed by atoms with van der Waals surface area (Å²) in [5, 5.41) is 10.0. The first-order chi connectivity index (χ1) is 17.4. The molecule has 0 bridgehead atoms. The molecule has 1 aliphatic rings. The Morgan fingerprint density at radius 3 is 2.58 bits per heavy atom. The van der Waals surface area contributed by atoms with Gasteiger partial charge in [-0.2, -0.15) is 0 Å². The summed E-state index contributed by atoms with van der Waals surface area (Å²) in [4.78, 5) is 11.7. The summed E-state index contributed by atoms with van der Waals surface area (Å²) in [6.45, 7) is 2.48. The molecule has 0 fully saturated rings. The lowest BCUT2D eigenvalue weighted by Gasteiger charge is -2.30. The molecular weight excluding hydrogens is 468 g/mol. The number of nitrogens with one attached hydrogen (secondary N) is 1. The molecule has 2 N–H and O–H groups in total. The molecule has 7 nitrogen and oxygen atoms in total. The Labute approximate surface area is 206 Å². The minimum absolute atomic E-state index is 0.0543. The number of aromatic nitrogens is 2. The number of aliphatic hydroxyl groups is 1. The molecule has 0 saturated carbocycles. The van der Waals surface area contributed by atoms with Gasteiger partial charge in [-0.05, 0) is 29.8 Å². The summed E-state index contributed by atoms with van der Waals surface area (Å²) in [5.41, 5.74) is 1.93. The van der Waals surface area contributed by atoms with E-state index in [1.807, 2.05) is 31.2 Å². The van der Waals surface area contributed by atoms with E-state index in [-0.39, 0.29) is 25.4 Å². The molecule has 0 aliphatic carbocycles. The van der Waals surface area contributed by atoms with Crippen molar-refractivity contribution in [3.05, 3.63) is 72.1 Å². The minimum atomic E-state index is -0.846. The minimum Gasteiger partial charge on any atom is -0.496 e. The Balaban J connectivity index is 1.46. The average Bonchev–Trinajstić information content (AvgIpc) is 3.32. The van der Waals surface area contributed by atoms with E-state index in [1.165, 1.54) is 18.3 Å². The number of para-hydroxylation sites is 1. The summed E-state index contributed by atoms with van der Waals surface area (Å²) in [5.74, 6) is -0.948. The number of hydrogen-bond acceptors (Lipinski definition) is 6. The molecule has 186 valence electrons. The number of aliphatic hydroxyl groups excluding tert-OH is 1. The smallest absolute Gasteiger partial charge is 0.198 e. The lowest BCUT2D eigenvalue weighted by atomic mass is 9.92. The molecule has 0 amide bonds. The van der Waals surface area contributed by atoms with Crippen LogP contribution in [0.4, 0.5) is 8.78 Å². The third-order valence-electron chi connectivity index (χ3n) is 6.16. The highest BCUT2D eigenvalue weighted by Crippen LogP contribution is 2.41. The molecule has 2 aromatic heterocycles. The van der Waals surface area contributed by atoms with Crippen LogP contribution in [0.15, 0.2) is 59.9 Å². The number of ether oxygens (including phenoxy) is 3. The van der Waals surface area contributed by atoms with Crippen molar-refractivity contribution in [3.8, 4) is 28.4 Å². The number of halogens is 2. The zero-order chi connectivity index (χ0) is 25.3. The van der Waals surface area contributed by atoms with Gasteiger partial charge >= 0.3 is 0 Å². The Bertz CT molecular complexity index is 1430. The molecule has 4 aromatic rings. The van der Waals surface area contributed by atoms with Crippen molar-refractivity contribution >= 4 is 16.9 Å². The number of fused-ring (bicyclic) bond motifs is 1. The fourth-order valence-corrected chi connectivity index (χ4v) is 4.12. The van der Waals surface area contributed by atoms with Crippen molar-refractivity contribution in [2.45, 2.75) is 13.3 Å². The summed E-state index contributed by atoms with van der Waals surface area (Å²) < 4.78 is 47.0. The first kappa shape index (κ1) is 23.7. The first-order valence-corrected chi connectivity index (χ1v) is 11.4. The van der Waals surface area contributed by atoms with E-state index < -0.39 is 22.8 Å². The van der Waals surface area contributed by atoms with Gasteiger partial charge in [0.2, 0.25) is 0 Å². The van der Waals surface area contributed by atoms with Gasteiger partial charge < -0.3 is 24.3 Å². The summed E-state index contributed by atoms with van der Waals surface area (Å²) in [7, 11) is 1.57. The molecule has 0 saturated heterocycles. The average molecular weight is 494 g/mol. The number of methoxy groups -OCH3 is 1. The number of aliphatic imine (C=N–C) groups is 1. The maximum Gasteiger partial charge on any atom is 0.198 e.